The summed E-state index contributed by atoms with van der Waals surface area (Å²) >= 11 is 0. The van der Waals surface area contributed by atoms with E-state index in [1.54, 1.807) is 6.20 Å². The molecule has 6 heteroatoms. The summed E-state index contributed by atoms with van der Waals surface area (Å²) in [4.78, 5) is 16.8. The minimum absolute atomic E-state index is 0.110. The minimum Gasteiger partial charge on any atom is -0.489 e. The second-order valence-corrected chi connectivity index (χ2v) is 7.98. The van der Waals surface area contributed by atoms with Crippen LogP contribution in [0.2, 0.25) is 0 Å². The standard InChI is InChI=1S/C25H28N2O4/c1-17-5-8-19(9-6-17)23-15-26-25(31-23)12-11-24(28)27-21-10-7-18(2)14-22(21)30-16-20-4-3-13-29-20/h5-10,14-15,20H,3-4,11-13,16H2,1-2H3,(H,27,28). The van der Waals surface area contributed by atoms with Gasteiger partial charge in [-0.1, -0.05) is 35.9 Å². The number of nitrogens with one attached hydrogen (secondary N) is 1. The maximum atomic E-state index is 12.5. The normalized spacial score (nSPS) is 15.7. The van der Waals surface area contributed by atoms with Gasteiger partial charge in [-0.2, -0.15) is 0 Å². The van der Waals surface area contributed by atoms with Crippen LogP contribution in [0.3, 0.4) is 0 Å². The van der Waals surface area contributed by atoms with E-state index < -0.39 is 0 Å². The van der Waals surface area contributed by atoms with E-state index in [1.807, 2.05) is 56.3 Å². The lowest BCUT2D eigenvalue weighted by atomic mass is 10.1. The second kappa shape index (κ2) is 9.79. The minimum atomic E-state index is -0.110. The number of carbonyl (C=O) groups excluding carboxylic acids is 1. The molecule has 6 nitrogen and oxygen atoms in total. The quantitative estimate of drug-likeness (QED) is 0.550. The van der Waals surface area contributed by atoms with E-state index >= 15 is 0 Å². The molecule has 3 aromatic rings. The summed E-state index contributed by atoms with van der Waals surface area (Å²) < 4.78 is 17.4. The molecule has 0 radical (unpaired) electrons. The molecule has 2 aromatic carbocycles. The van der Waals surface area contributed by atoms with Crippen LogP contribution in [0.1, 0.15) is 36.3 Å². The van der Waals surface area contributed by atoms with Crippen LogP contribution in [0.4, 0.5) is 5.69 Å². The van der Waals surface area contributed by atoms with E-state index in [0.717, 1.165) is 30.6 Å². The Kier molecular flexibility index (Phi) is 6.67. The van der Waals surface area contributed by atoms with Crippen molar-refractivity contribution >= 4 is 11.6 Å². The molecule has 0 bridgehead atoms. The topological polar surface area (TPSA) is 73.6 Å². The van der Waals surface area contributed by atoms with Crippen LogP contribution in [-0.2, 0) is 16.0 Å². The molecule has 1 unspecified atom stereocenters. The zero-order valence-corrected chi connectivity index (χ0v) is 18.0. The molecule has 1 aliphatic rings. The molecular weight excluding hydrogens is 392 g/mol. The van der Waals surface area contributed by atoms with E-state index in [2.05, 4.69) is 10.3 Å². The smallest absolute Gasteiger partial charge is 0.224 e. The zero-order valence-electron chi connectivity index (χ0n) is 18.0. The molecule has 4 rings (SSSR count). The number of hydrogen-bond donors (Lipinski definition) is 1. The van der Waals surface area contributed by atoms with Gasteiger partial charge in [0, 0.05) is 25.0 Å². The first-order chi connectivity index (χ1) is 15.1. The van der Waals surface area contributed by atoms with Crippen LogP contribution in [0.25, 0.3) is 11.3 Å². The number of carbonyl (C=O) groups is 1. The highest BCUT2D eigenvalue weighted by Gasteiger charge is 2.17. The van der Waals surface area contributed by atoms with Crippen molar-refractivity contribution in [1.82, 2.24) is 4.98 Å². The number of anilines is 1. The number of rotatable bonds is 8. The average molecular weight is 421 g/mol. The van der Waals surface area contributed by atoms with Gasteiger partial charge in [0.1, 0.15) is 12.4 Å². The summed E-state index contributed by atoms with van der Waals surface area (Å²) in [6.07, 6.45) is 4.60. The third kappa shape index (κ3) is 5.73. The Balaban J connectivity index is 1.33. The number of nitrogens with zero attached hydrogens (tertiary/aromatic N) is 1. The molecular formula is C25H28N2O4. The first-order valence-electron chi connectivity index (χ1n) is 10.7. The lowest BCUT2D eigenvalue weighted by Gasteiger charge is -2.16. The van der Waals surface area contributed by atoms with Gasteiger partial charge in [0.15, 0.2) is 11.7 Å². The van der Waals surface area contributed by atoms with Crippen LogP contribution in [0.5, 0.6) is 5.75 Å². The lowest BCUT2D eigenvalue weighted by Crippen LogP contribution is -2.18. The summed E-state index contributed by atoms with van der Waals surface area (Å²) in [5.74, 6) is 1.81. The lowest BCUT2D eigenvalue weighted by molar-refractivity contribution is -0.116. The van der Waals surface area contributed by atoms with Gasteiger partial charge in [-0.05, 0) is 44.4 Å². The molecule has 2 heterocycles. The van der Waals surface area contributed by atoms with E-state index in [0.29, 0.717) is 36.1 Å². The van der Waals surface area contributed by atoms with Gasteiger partial charge in [-0.15, -0.1) is 0 Å². The highest BCUT2D eigenvalue weighted by molar-refractivity contribution is 5.92. The third-order valence-corrected chi connectivity index (χ3v) is 5.32. The number of amides is 1. The van der Waals surface area contributed by atoms with E-state index in [9.17, 15) is 4.79 Å². The number of ether oxygens (including phenoxy) is 2. The first-order valence-corrected chi connectivity index (χ1v) is 10.7. The first kappa shape index (κ1) is 21.1. The maximum Gasteiger partial charge on any atom is 0.224 e. The van der Waals surface area contributed by atoms with Crippen molar-refractivity contribution in [3.8, 4) is 17.1 Å². The Morgan fingerprint density at radius 2 is 1.97 bits per heavy atom. The average Bonchev–Trinajstić information content (AvgIpc) is 3.45. The Bertz CT molecular complexity index is 1020. The molecule has 31 heavy (non-hydrogen) atoms. The van der Waals surface area contributed by atoms with Gasteiger partial charge in [-0.25, -0.2) is 4.98 Å². The Labute approximate surface area is 182 Å². The molecule has 1 fully saturated rings. The molecule has 0 aliphatic carbocycles. The van der Waals surface area contributed by atoms with Crippen molar-refractivity contribution in [3.63, 3.8) is 0 Å². The molecule has 1 saturated heterocycles. The van der Waals surface area contributed by atoms with Gasteiger partial charge < -0.3 is 19.2 Å². The molecule has 1 amide bonds. The van der Waals surface area contributed by atoms with Crippen LogP contribution in [-0.4, -0.2) is 30.2 Å². The summed E-state index contributed by atoms with van der Waals surface area (Å²) in [5, 5.41) is 2.95. The second-order valence-electron chi connectivity index (χ2n) is 7.98. The zero-order chi connectivity index (χ0) is 21.6. The predicted octanol–water partition coefficient (Wildman–Crippen LogP) is 5.09. The van der Waals surface area contributed by atoms with Gasteiger partial charge in [0.2, 0.25) is 5.91 Å². The van der Waals surface area contributed by atoms with Crippen LogP contribution >= 0.6 is 0 Å². The number of benzene rings is 2. The van der Waals surface area contributed by atoms with Crippen LogP contribution in [0, 0.1) is 13.8 Å². The highest BCUT2D eigenvalue weighted by atomic mass is 16.5. The van der Waals surface area contributed by atoms with Gasteiger partial charge in [0.05, 0.1) is 18.0 Å². The maximum absolute atomic E-state index is 12.5. The Hall–Kier alpha value is -3.12. The number of aryl methyl sites for hydroxylation is 3. The Morgan fingerprint density at radius 1 is 1.16 bits per heavy atom. The number of oxazole rings is 1. The molecule has 162 valence electrons. The molecule has 0 spiro atoms. The fourth-order valence-electron chi connectivity index (χ4n) is 3.52. The summed E-state index contributed by atoms with van der Waals surface area (Å²) in [6.45, 7) is 5.32. The Morgan fingerprint density at radius 3 is 2.74 bits per heavy atom. The van der Waals surface area contributed by atoms with E-state index in [-0.39, 0.29) is 18.4 Å². The van der Waals surface area contributed by atoms with Crippen molar-refractivity contribution in [2.45, 2.75) is 45.6 Å². The van der Waals surface area contributed by atoms with Crippen molar-refractivity contribution in [2.24, 2.45) is 0 Å². The predicted molar refractivity (Wildman–Crippen MR) is 119 cm³/mol. The molecule has 0 saturated carbocycles. The van der Waals surface area contributed by atoms with Gasteiger partial charge in [0.25, 0.3) is 0 Å². The van der Waals surface area contributed by atoms with Gasteiger partial charge >= 0.3 is 0 Å². The number of hydrogen-bond acceptors (Lipinski definition) is 5. The third-order valence-electron chi connectivity index (χ3n) is 5.32. The molecule has 1 N–H and O–H groups in total. The molecule has 1 aliphatic heterocycles. The van der Waals surface area contributed by atoms with Crippen LogP contribution in [0.15, 0.2) is 53.1 Å². The van der Waals surface area contributed by atoms with Crippen molar-refractivity contribution in [2.75, 3.05) is 18.5 Å². The fraction of sp³-hybridized carbons (Fsp3) is 0.360. The SMILES string of the molecule is Cc1ccc(-c2cnc(CCC(=O)Nc3ccc(C)cc3OCC3CCCO3)o2)cc1. The summed E-state index contributed by atoms with van der Waals surface area (Å²) in [7, 11) is 0. The summed E-state index contributed by atoms with van der Waals surface area (Å²) in [6, 6.07) is 13.8. The van der Waals surface area contributed by atoms with Crippen LogP contribution < -0.4 is 10.1 Å². The monoisotopic (exact) mass is 420 g/mol. The largest absolute Gasteiger partial charge is 0.489 e. The summed E-state index contributed by atoms with van der Waals surface area (Å²) in [5.41, 5.74) is 3.90. The highest BCUT2D eigenvalue weighted by Crippen LogP contribution is 2.27. The van der Waals surface area contributed by atoms with Crippen molar-refractivity contribution in [1.29, 1.82) is 0 Å². The molecule has 1 atom stereocenters. The van der Waals surface area contributed by atoms with E-state index in [4.69, 9.17) is 13.9 Å². The van der Waals surface area contributed by atoms with Gasteiger partial charge in [-0.3, -0.25) is 4.79 Å². The van der Waals surface area contributed by atoms with Crippen molar-refractivity contribution in [3.05, 3.63) is 65.7 Å². The number of aromatic nitrogens is 1. The van der Waals surface area contributed by atoms with Crippen molar-refractivity contribution < 1.29 is 18.7 Å². The molecule has 1 aromatic heterocycles. The van der Waals surface area contributed by atoms with E-state index in [1.165, 1.54) is 5.56 Å². The fourth-order valence-corrected chi connectivity index (χ4v) is 3.52.